The zero-order chi connectivity index (χ0) is 11.3. The molecule has 4 heteroatoms. The van der Waals surface area contributed by atoms with E-state index in [1.54, 1.807) is 0 Å². The number of carbonyl (C=O) groups is 1. The predicted octanol–water partition coefficient (Wildman–Crippen LogP) is 2.74. The molecule has 0 bridgehead atoms. The molecule has 0 fully saturated rings. The summed E-state index contributed by atoms with van der Waals surface area (Å²) in [7, 11) is 0. The number of benzene rings is 1. The van der Waals surface area contributed by atoms with Crippen molar-refractivity contribution in [2.45, 2.75) is 19.4 Å². The second-order valence-corrected chi connectivity index (χ2v) is 4.62. The maximum Gasteiger partial charge on any atom is 0.235 e. The smallest absolute Gasteiger partial charge is 0.235 e. The van der Waals surface area contributed by atoms with Gasteiger partial charge in [-0.25, -0.2) is 0 Å². The fourth-order valence-corrected chi connectivity index (χ4v) is 1.68. The van der Waals surface area contributed by atoms with E-state index in [9.17, 15) is 4.79 Å². The lowest BCUT2D eigenvalue weighted by atomic mass is 10.1. The third-order valence-corrected chi connectivity index (χ3v) is 2.76. The number of alkyl halides is 1. The quantitative estimate of drug-likeness (QED) is 0.849. The van der Waals surface area contributed by atoms with Crippen LogP contribution in [0.2, 0.25) is 0 Å². The Kier molecular flexibility index (Phi) is 5.12. The largest absolute Gasteiger partial charge is 0.352 e. The van der Waals surface area contributed by atoms with Gasteiger partial charge in [0.2, 0.25) is 5.91 Å². The molecule has 0 aliphatic heterocycles. The monoisotopic (exact) mass is 289 g/mol. The lowest BCUT2D eigenvalue weighted by Crippen LogP contribution is -2.34. The fraction of sp³-hybridized carbons (Fsp3) is 0.364. The van der Waals surface area contributed by atoms with Gasteiger partial charge in [0.15, 0.2) is 0 Å². The van der Waals surface area contributed by atoms with E-state index in [2.05, 4.69) is 21.2 Å². The molecular weight excluding hydrogens is 277 g/mol. The van der Waals surface area contributed by atoms with Crippen molar-refractivity contribution in [3.05, 3.63) is 34.3 Å². The molecule has 82 valence electrons. The normalized spacial score (nSPS) is 12.2. The Morgan fingerprint density at radius 3 is 2.60 bits per heavy atom. The molecule has 1 N–H and O–H groups in total. The predicted molar refractivity (Wildman–Crippen MR) is 66.2 cm³/mol. The third-order valence-electron chi connectivity index (χ3n) is 1.98. The van der Waals surface area contributed by atoms with Crippen molar-refractivity contribution in [3.63, 3.8) is 0 Å². The zero-order valence-electron chi connectivity index (χ0n) is 8.47. The summed E-state index contributed by atoms with van der Waals surface area (Å²) in [6, 6.07) is 8.16. The van der Waals surface area contributed by atoms with Crippen molar-refractivity contribution >= 4 is 33.4 Å². The van der Waals surface area contributed by atoms with Gasteiger partial charge in [-0.2, -0.15) is 0 Å². The molecule has 0 heterocycles. The molecular formula is C11H13BrClNO. The molecule has 1 atom stereocenters. The maximum atomic E-state index is 11.0. The van der Waals surface area contributed by atoms with Crippen molar-refractivity contribution in [1.29, 1.82) is 0 Å². The molecule has 2 nitrogen and oxygen atoms in total. The molecule has 0 saturated heterocycles. The van der Waals surface area contributed by atoms with E-state index in [-0.39, 0.29) is 17.8 Å². The summed E-state index contributed by atoms with van der Waals surface area (Å²) in [5.74, 6) is -0.105. The zero-order valence-corrected chi connectivity index (χ0v) is 10.8. The molecule has 0 radical (unpaired) electrons. The van der Waals surface area contributed by atoms with Gasteiger partial charge in [-0.1, -0.05) is 28.1 Å². The van der Waals surface area contributed by atoms with Crippen LogP contribution in [-0.2, 0) is 11.2 Å². The minimum atomic E-state index is -0.124. The second kappa shape index (κ2) is 6.13. The highest BCUT2D eigenvalue weighted by molar-refractivity contribution is 9.10. The maximum absolute atomic E-state index is 11.0. The highest BCUT2D eigenvalue weighted by Crippen LogP contribution is 2.11. The fourth-order valence-electron chi connectivity index (χ4n) is 1.34. The molecule has 1 aromatic carbocycles. The van der Waals surface area contributed by atoms with Crippen molar-refractivity contribution in [2.24, 2.45) is 0 Å². The Morgan fingerprint density at radius 2 is 2.07 bits per heavy atom. The molecule has 0 spiro atoms. The summed E-state index contributed by atoms with van der Waals surface area (Å²) in [6.45, 7) is 1.96. The van der Waals surface area contributed by atoms with Gasteiger partial charge in [0.05, 0.1) is 0 Å². The van der Waals surface area contributed by atoms with Gasteiger partial charge in [0, 0.05) is 10.5 Å². The molecule has 1 rings (SSSR count). The molecule has 1 amide bonds. The van der Waals surface area contributed by atoms with E-state index in [0.29, 0.717) is 0 Å². The van der Waals surface area contributed by atoms with Crippen LogP contribution in [0.5, 0.6) is 0 Å². The lowest BCUT2D eigenvalue weighted by Gasteiger charge is -2.12. The number of nitrogens with one attached hydrogen (secondary N) is 1. The van der Waals surface area contributed by atoms with Crippen molar-refractivity contribution in [1.82, 2.24) is 5.32 Å². The first-order valence-electron chi connectivity index (χ1n) is 4.71. The molecule has 0 aliphatic rings. The summed E-state index contributed by atoms with van der Waals surface area (Å²) in [5, 5.41) is 2.81. The molecule has 1 unspecified atom stereocenters. The van der Waals surface area contributed by atoms with Crippen molar-refractivity contribution in [2.75, 3.05) is 5.88 Å². The van der Waals surface area contributed by atoms with Gasteiger partial charge >= 0.3 is 0 Å². The molecule has 0 aromatic heterocycles. The number of carbonyl (C=O) groups excluding carboxylic acids is 1. The van der Waals surface area contributed by atoms with Crippen molar-refractivity contribution in [3.8, 4) is 0 Å². The number of hydrogen-bond donors (Lipinski definition) is 1. The summed E-state index contributed by atoms with van der Waals surface area (Å²) in [6.07, 6.45) is 0.815. The minimum absolute atomic E-state index is 0.0185. The van der Waals surface area contributed by atoms with Crippen LogP contribution < -0.4 is 5.32 Å². The second-order valence-electron chi connectivity index (χ2n) is 3.43. The van der Waals surface area contributed by atoms with Crippen LogP contribution in [0.3, 0.4) is 0 Å². The first kappa shape index (κ1) is 12.5. The minimum Gasteiger partial charge on any atom is -0.352 e. The Labute approximate surface area is 103 Å². The summed E-state index contributed by atoms with van der Waals surface area (Å²) in [5.41, 5.74) is 1.19. The summed E-state index contributed by atoms with van der Waals surface area (Å²) >= 11 is 8.78. The summed E-state index contributed by atoms with van der Waals surface area (Å²) < 4.78 is 1.06. The van der Waals surface area contributed by atoms with Gasteiger partial charge in [-0.15, -0.1) is 11.6 Å². The van der Waals surface area contributed by atoms with Crippen molar-refractivity contribution < 1.29 is 4.79 Å². The number of amides is 1. The Morgan fingerprint density at radius 1 is 1.47 bits per heavy atom. The molecule has 1 aromatic rings. The standard InChI is InChI=1S/C11H13BrClNO/c1-8(14-11(15)7-13)6-9-2-4-10(12)5-3-9/h2-5,8H,6-7H2,1H3,(H,14,15). The van der Waals surface area contributed by atoms with Crippen LogP contribution in [-0.4, -0.2) is 17.8 Å². The van der Waals surface area contributed by atoms with E-state index in [0.717, 1.165) is 10.9 Å². The average molecular weight is 291 g/mol. The van der Waals surface area contributed by atoms with Crippen LogP contribution in [0.25, 0.3) is 0 Å². The van der Waals surface area contributed by atoms with Crippen LogP contribution in [0, 0.1) is 0 Å². The SMILES string of the molecule is CC(Cc1ccc(Br)cc1)NC(=O)CCl. The van der Waals surface area contributed by atoms with Gasteiger partial charge in [-0.3, -0.25) is 4.79 Å². The number of rotatable bonds is 4. The van der Waals surface area contributed by atoms with E-state index < -0.39 is 0 Å². The van der Waals surface area contributed by atoms with Crippen LogP contribution in [0.15, 0.2) is 28.7 Å². The third kappa shape index (κ3) is 4.67. The van der Waals surface area contributed by atoms with Crippen LogP contribution >= 0.6 is 27.5 Å². The number of halogens is 2. The summed E-state index contributed by atoms with van der Waals surface area (Å²) in [4.78, 5) is 11.0. The Hall–Kier alpha value is -0.540. The first-order chi connectivity index (χ1) is 7.11. The van der Waals surface area contributed by atoms with Gasteiger partial charge in [-0.05, 0) is 31.0 Å². The van der Waals surface area contributed by atoms with E-state index in [1.165, 1.54) is 5.56 Å². The molecule has 15 heavy (non-hydrogen) atoms. The lowest BCUT2D eigenvalue weighted by molar-refractivity contribution is -0.119. The topological polar surface area (TPSA) is 29.1 Å². The Bertz CT molecular complexity index is 326. The van der Waals surface area contributed by atoms with Crippen LogP contribution in [0.1, 0.15) is 12.5 Å². The first-order valence-corrected chi connectivity index (χ1v) is 6.04. The Balaban J connectivity index is 2.47. The van der Waals surface area contributed by atoms with E-state index in [1.807, 2.05) is 31.2 Å². The van der Waals surface area contributed by atoms with E-state index in [4.69, 9.17) is 11.6 Å². The van der Waals surface area contributed by atoms with Gasteiger partial charge < -0.3 is 5.32 Å². The van der Waals surface area contributed by atoms with E-state index >= 15 is 0 Å². The van der Waals surface area contributed by atoms with Gasteiger partial charge in [0.25, 0.3) is 0 Å². The van der Waals surface area contributed by atoms with Gasteiger partial charge in [0.1, 0.15) is 5.88 Å². The highest BCUT2D eigenvalue weighted by Gasteiger charge is 2.06. The van der Waals surface area contributed by atoms with Crippen LogP contribution in [0.4, 0.5) is 0 Å². The highest BCUT2D eigenvalue weighted by atomic mass is 79.9. The molecule has 0 aliphatic carbocycles. The molecule has 0 saturated carbocycles. The number of hydrogen-bond acceptors (Lipinski definition) is 1. The average Bonchev–Trinajstić information content (AvgIpc) is 2.21.